The third-order valence-electron chi connectivity index (χ3n) is 4.60. The van der Waals surface area contributed by atoms with E-state index >= 15 is 0 Å². The van der Waals surface area contributed by atoms with E-state index in [4.69, 9.17) is 18.9 Å². The lowest BCUT2D eigenvalue weighted by Gasteiger charge is -2.18. The number of fused-ring (bicyclic) bond motifs is 1. The monoisotopic (exact) mass is 382 g/mol. The Kier molecular flexibility index (Phi) is 6.05. The number of carbonyl (C=O) groups excluding carboxylic acids is 1. The first-order valence-corrected chi connectivity index (χ1v) is 9.20. The highest BCUT2D eigenvalue weighted by Gasteiger charge is 2.24. The predicted molar refractivity (Wildman–Crippen MR) is 108 cm³/mol. The van der Waals surface area contributed by atoms with Crippen molar-refractivity contribution in [2.75, 3.05) is 27.4 Å². The van der Waals surface area contributed by atoms with Crippen molar-refractivity contribution in [1.29, 1.82) is 0 Å². The molecule has 2 aromatic carbocycles. The summed E-state index contributed by atoms with van der Waals surface area (Å²) in [5, 5.41) is 0. The summed E-state index contributed by atoms with van der Waals surface area (Å²) in [6.45, 7) is 5.78. The van der Waals surface area contributed by atoms with Crippen LogP contribution in [0.25, 0.3) is 5.57 Å². The van der Waals surface area contributed by atoms with Gasteiger partial charge >= 0.3 is 5.97 Å². The van der Waals surface area contributed by atoms with Gasteiger partial charge in [-0.25, -0.2) is 4.79 Å². The summed E-state index contributed by atoms with van der Waals surface area (Å²) >= 11 is 0. The van der Waals surface area contributed by atoms with Crippen LogP contribution in [0.2, 0.25) is 0 Å². The lowest BCUT2D eigenvalue weighted by Crippen LogP contribution is -2.17. The van der Waals surface area contributed by atoms with Crippen molar-refractivity contribution in [3.8, 4) is 11.5 Å². The first-order valence-electron chi connectivity index (χ1n) is 9.20. The predicted octanol–water partition coefficient (Wildman–Crippen LogP) is 4.50. The van der Waals surface area contributed by atoms with Crippen LogP contribution in [-0.2, 0) is 16.1 Å². The smallest absolute Gasteiger partial charge is 0.337 e. The van der Waals surface area contributed by atoms with E-state index in [0.29, 0.717) is 25.4 Å². The van der Waals surface area contributed by atoms with Crippen LogP contribution < -0.4 is 9.47 Å². The number of hydrogen-bond donors (Lipinski definition) is 0. The molecule has 5 heteroatoms. The molecule has 28 heavy (non-hydrogen) atoms. The van der Waals surface area contributed by atoms with Crippen LogP contribution in [0.1, 0.15) is 35.3 Å². The number of esters is 1. The summed E-state index contributed by atoms with van der Waals surface area (Å²) < 4.78 is 22.1. The van der Waals surface area contributed by atoms with E-state index in [1.54, 1.807) is 19.2 Å². The Bertz CT molecular complexity index is 865. The van der Waals surface area contributed by atoms with Crippen LogP contribution in [0.5, 0.6) is 11.5 Å². The molecule has 0 spiro atoms. The molecular formula is C23H26O5. The van der Waals surface area contributed by atoms with Gasteiger partial charge in [0.05, 0.1) is 39.6 Å². The Morgan fingerprint density at radius 3 is 2.50 bits per heavy atom. The zero-order valence-corrected chi connectivity index (χ0v) is 16.8. The lowest BCUT2D eigenvalue weighted by molar-refractivity contribution is 0.0600. The number of ether oxygens (including phenoxy) is 4. The fourth-order valence-corrected chi connectivity index (χ4v) is 3.12. The van der Waals surface area contributed by atoms with Gasteiger partial charge in [-0.15, -0.1) is 0 Å². The standard InChI is InChI=1S/C23H26O5/c1-23(2)12-18(20-11-19(25-3)9-10-21(20)28-15-23)14-27-13-16-5-7-17(8-6-16)22(24)26-4/h5-12H,13-15H2,1-4H3. The molecule has 2 aromatic rings. The average Bonchev–Trinajstić information content (AvgIpc) is 2.83. The largest absolute Gasteiger partial charge is 0.497 e. The molecule has 148 valence electrons. The van der Waals surface area contributed by atoms with Gasteiger partial charge in [0.15, 0.2) is 0 Å². The van der Waals surface area contributed by atoms with Crippen molar-refractivity contribution in [2.45, 2.75) is 20.5 Å². The Morgan fingerprint density at radius 2 is 1.82 bits per heavy atom. The van der Waals surface area contributed by atoms with Crippen molar-refractivity contribution in [2.24, 2.45) is 5.41 Å². The van der Waals surface area contributed by atoms with E-state index in [1.165, 1.54) is 7.11 Å². The fraction of sp³-hybridized carbons (Fsp3) is 0.348. The Labute approximate surface area is 165 Å². The Hall–Kier alpha value is -2.79. The normalized spacial score (nSPS) is 14.9. The van der Waals surface area contributed by atoms with Crippen molar-refractivity contribution in [1.82, 2.24) is 0 Å². The first-order chi connectivity index (χ1) is 13.4. The highest BCUT2D eigenvalue weighted by Crippen LogP contribution is 2.37. The topological polar surface area (TPSA) is 54.0 Å². The van der Waals surface area contributed by atoms with Gasteiger partial charge in [-0.2, -0.15) is 0 Å². The summed E-state index contributed by atoms with van der Waals surface area (Å²) in [5.74, 6) is 1.28. The summed E-state index contributed by atoms with van der Waals surface area (Å²) in [4.78, 5) is 11.5. The second kappa shape index (κ2) is 8.48. The van der Waals surface area contributed by atoms with Crippen LogP contribution in [0, 0.1) is 5.41 Å². The molecule has 0 saturated carbocycles. The fourth-order valence-electron chi connectivity index (χ4n) is 3.12. The molecule has 1 heterocycles. The van der Waals surface area contributed by atoms with Gasteiger partial charge in [0, 0.05) is 11.0 Å². The molecule has 0 saturated heterocycles. The quantitative estimate of drug-likeness (QED) is 0.689. The number of rotatable bonds is 6. The molecule has 1 aliphatic heterocycles. The molecule has 1 aliphatic rings. The molecule has 0 radical (unpaired) electrons. The number of hydrogen-bond acceptors (Lipinski definition) is 5. The first kappa shape index (κ1) is 20.0. The summed E-state index contributed by atoms with van der Waals surface area (Å²) in [7, 11) is 3.03. The molecule has 0 aliphatic carbocycles. The van der Waals surface area contributed by atoms with Crippen molar-refractivity contribution >= 4 is 11.5 Å². The second-order valence-electron chi connectivity index (χ2n) is 7.49. The van der Waals surface area contributed by atoms with Gasteiger partial charge in [-0.1, -0.05) is 32.1 Å². The minimum atomic E-state index is -0.344. The van der Waals surface area contributed by atoms with Gasteiger partial charge in [-0.3, -0.25) is 0 Å². The maximum atomic E-state index is 11.5. The highest BCUT2D eigenvalue weighted by molar-refractivity contribution is 5.89. The van der Waals surface area contributed by atoms with E-state index in [0.717, 1.165) is 28.2 Å². The average molecular weight is 382 g/mol. The zero-order valence-electron chi connectivity index (χ0n) is 16.8. The molecule has 5 nitrogen and oxygen atoms in total. The Balaban J connectivity index is 1.73. The van der Waals surface area contributed by atoms with E-state index in [1.807, 2.05) is 30.3 Å². The van der Waals surface area contributed by atoms with E-state index in [-0.39, 0.29) is 11.4 Å². The highest BCUT2D eigenvalue weighted by atomic mass is 16.5. The van der Waals surface area contributed by atoms with E-state index in [9.17, 15) is 4.79 Å². The summed E-state index contributed by atoms with van der Waals surface area (Å²) in [6.07, 6.45) is 2.21. The third kappa shape index (κ3) is 4.73. The van der Waals surface area contributed by atoms with Gasteiger partial charge in [0.2, 0.25) is 0 Å². The number of methoxy groups -OCH3 is 2. The van der Waals surface area contributed by atoms with Crippen LogP contribution in [-0.4, -0.2) is 33.4 Å². The minimum absolute atomic E-state index is 0.104. The number of benzene rings is 2. The molecule has 0 bridgehead atoms. The van der Waals surface area contributed by atoms with E-state index < -0.39 is 0 Å². The van der Waals surface area contributed by atoms with Gasteiger partial charge < -0.3 is 18.9 Å². The molecule has 0 atom stereocenters. The maximum Gasteiger partial charge on any atom is 0.337 e. The van der Waals surface area contributed by atoms with Crippen LogP contribution in [0.4, 0.5) is 0 Å². The van der Waals surface area contributed by atoms with Crippen molar-refractivity contribution in [3.63, 3.8) is 0 Å². The molecule has 0 unspecified atom stereocenters. The van der Waals surface area contributed by atoms with Gasteiger partial charge in [-0.05, 0) is 41.5 Å². The van der Waals surface area contributed by atoms with Crippen molar-refractivity contribution in [3.05, 3.63) is 65.2 Å². The van der Waals surface area contributed by atoms with Gasteiger partial charge in [0.1, 0.15) is 11.5 Å². The van der Waals surface area contributed by atoms with Gasteiger partial charge in [0.25, 0.3) is 0 Å². The van der Waals surface area contributed by atoms with Crippen LogP contribution >= 0.6 is 0 Å². The van der Waals surface area contributed by atoms with Crippen LogP contribution in [0.3, 0.4) is 0 Å². The number of carbonyl (C=O) groups is 1. The molecule has 0 fully saturated rings. The molecule has 3 rings (SSSR count). The second-order valence-corrected chi connectivity index (χ2v) is 7.49. The summed E-state index contributed by atoms with van der Waals surface area (Å²) in [5.41, 5.74) is 3.47. The lowest BCUT2D eigenvalue weighted by atomic mass is 9.90. The SMILES string of the molecule is COC(=O)c1ccc(COCC2=CC(C)(C)COc3ccc(OC)cc32)cc1. The van der Waals surface area contributed by atoms with E-state index in [2.05, 4.69) is 19.9 Å². The molecule has 0 amide bonds. The van der Waals surface area contributed by atoms with Crippen LogP contribution in [0.15, 0.2) is 48.5 Å². The molecular weight excluding hydrogens is 356 g/mol. The summed E-state index contributed by atoms with van der Waals surface area (Å²) in [6, 6.07) is 13.1. The zero-order chi connectivity index (χ0) is 20.1. The third-order valence-corrected chi connectivity index (χ3v) is 4.60. The maximum absolute atomic E-state index is 11.5. The minimum Gasteiger partial charge on any atom is -0.497 e. The molecule has 0 aromatic heterocycles. The molecule has 0 N–H and O–H groups in total. The van der Waals surface area contributed by atoms with Crippen molar-refractivity contribution < 1.29 is 23.7 Å². The Morgan fingerprint density at radius 1 is 1.07 bits per heavy atom.